The number of nitrogens with zero attached hydrogens (tertiary/aromatic N) is 3. The molecule has 0 saturated carbocycles. The summed E-state index contributed by atoms with van der Waals surface area (Å²) >= 11 is 0. The normalized spacial score (nSPS) is 17.6. The van der Waals surface area contributed by atoms with Crippen molar-refractivity contribution in [3.63, 3.8) is 0 Å². The van der Waals surface area contributed by atoms with Crippen LogP contribution in [0.3, 0.4) is 0 Å². The van der Waals surface area contributed by atoms with Crippen molar-refractivity contribution in [3.05, 3.63) is 84.1 Å². The average molecular weight is 802 g/mol. The first-order valence-electron chi connectivity index (χ1n) is 18.0. The van der Waals surface area contributed by atoms with Gasteiger partial charge >= 0.3 is 35.7 Å². The zero-order valence-electron chi connectivity index (χ0n) is 32.8. The molecule has 17 nitrogen and oxygen atoms in total. The number of aromatic nitrogens is 1. The summed E-state index contributed by atoms with van der Waals surface area (Å²) in [4.78, 5) is 60.7. The van der Waals surface area contributed by atoms with Gasteiger partial charge in [0.05, 0.1) is 48.4 Å². The maximum absolute atomic E-state index is 13.3. The Morgan fingerprint density at radius 2 is 1.17 bits per heavy atom. The first kappa shape index (κ1) is 41.1. The Hall–Kier alpha value is -6.59. The minimum Gasteiger partial charge on any atom is -0.493 e. The van der Waals surface area contributed by atoms with Crippen molar-refractivity contribution in [1.29, 1.82) is 0 Å². The summed E-state index contributed by atoms with van der Waals surface area (Å²) in [5, 5.41) is 0. The average Bonchev–Trinajstić information content (AvgIpc) is 3.49. The molecule has 1 aromatic heterocycles. The van der Waals surface area contributed by atoms with Crippen molar-refractivity contribution in [1.82, 2.24) is 14.8 Å². The lowest BCUT2D eigenvalue weighted by Crippen LogP contribution is -2.80. The van der Waals surface area contributed by atoms with Crippen molar-refractivity contribution in [2.75, 3.05) is 62.3 Å². The first-order valence-corrected chi connectivity index (χ1v) is 18.0. The fourth-order valence-electron chi connectivity index (χ4n) is 6.93. The van der Waals surface area contributed by atoms with E-state index in [2.05, 4.69) is 4.98 Å². The second-order valence-corrected chi connectivity index (χ2v) is 12.9. The largest absolute Gasteiger partial charge is 0.493 e. The minimum absolute atomic E-state index is 0.0748. The molecule has 0 aliphatic carbocycles. The Bertz CT molecular complexity index is 2080. The minimum atomic E-state index is -2.63. The van der Waals surface area contributed by atoms with Crippen LogP contribution in [0.15, 0.2) is 73.0 Å². The maximum Gasteiger partial charge on any atom is 0.420 e. The van der Waals surface area contributed by atoms with Crippen LogP contribution in [0.5, 0.6) is 34.5 Å². The highest BCUT2D eigenvalue weighted by Gasteiger charge is 2.74. The molecule has 0 atom stereocenters. The predicted octanol–water partition coefficient (Wildman–Crippen LogP) is 4.03. The summed E-state index contributed by atoms with van der Waals surface area (Å²) in [6, 6.07) is 10.5. The molecule has 58 heavy (non-hydrogen) atoms. The van der Waals surface area contributed by atoms with Crippen LogP contribution in [-0.2, 0) is 44.7 Å². The highest BCUT2D eigenvalue weighted by atomic mass is 16.8. The number of piperazine rings is 1. The van der Waals surface area contributed by atoms with E-state index in [4.69, 9.17) is 47.4 Å². The van der Waals surface area contributed by atoms with Gasteiger partial charge in [0.2, 0.25) is 11.5 Å². The van der Waals surface area contributed by atoms with Crippen molar-refractivity contribution in [2.24, 2.45) is 0 Å². The number of unbranched alkanes of at least 4 members (excludes halogenated alkanes) is 1. The molecule has 2 spiro atoms. The third-order valence-electron chi connectivity index (χ3n) is 9.53. The van der Waals surface area contributed by atoms with Crippen LogP contribution in [-0.4, -0.2) is 113 Å². The molecule has 0 bridgehead atoms. The summed E-state index contributed by atoms with van der Waals surface area (Å²) in [7, 11) is 9.08. The third kappa shape index (κ3) is 7.99. The Balaban J connectivity index is 1.34. The fraction of sp³-hybridized carbons (Fsp3) is 0.341. The number of esters is 4. The van der Waals surface area contributed by atoms with Crippen LogP contribution in [0.2, 0.25) is 0 Å². The van der Waals surface area contributed by atoms with E-state index < -0.39 is 35.7 Å². The number of rotatable bonds is 14. The lowest BCUT2D eigenvalue weighted by atomic mass is 10.1. The Morgan fingerprint density at radius 3 is 1.71 bits per heavy atom. The summed E-state index contributed by atoms with van der Waals surface area (Å²) in [6.07, 6.45) is 9.73. The van der Waals surface area contributed by atoms with Gasteiger partial charge in [0, 0.05) is 67.8 Å². The van der Waals surface area contributed by atoms with Crippen molar-refractivity contribution >= 4 is 30.0 Å². The number of carbonyl (C=O) groups excluding carboxylic acids is 4. The third-order valence-corrected chi connectivity index (χ3v) is 9.53. The van der Waals surface area contributed by atoms with Gasteiger partial charge in [-0.2, -0.15) is 0 Å². The van der Waals surface area contributed by atoms with E-state index in [0.29, 0.717) is 64.2 Å². The Labute approximate surface area is 334 Å². The summed E-state index contributed by atoms with van der Waals surface area (Å²) in [5.74, 6) is -6.61. The smallest absolute Gasteiger partial charge is 0.420 e. The standard InChI is InChI=1S/C41H43N3O14/c1-49-30-12-11-27(37(52-4)39(30)54-6)10-8-7-9-19-43-20-21-44(25-26-17-18-42-29(22-26)28-23-31(50-2)38(53-5)32(24-28)51-3)41(57-35(47)15-16-36(48)58-41)40(43)55-33(45)13-14-34(46)56-40/h8,10-18,22-24H,7,9,19-21,25H2,1-6H3/b10-8+. The quantitative estimate of drug-likeness (QED) is 0.168. The van der Waals surface area contributed by atoms with Crippen LogP contribution in [0.1, 0.15) is 24.0 Å². The molecule has 6 rings (SSSR count). The second kappa shape index (κ2) is 17.7. The van der Waals surface area contributed by atoms with Crippen LogP contribution in [0, 0.1) is 0 Å². The van der Waals surface area contributed by atoms with Crippen molar-refractivity contribution in [2.45, 2.75) is 31.2 Å². The van der Waals surface area contributed by atoms with E-state index in [9.17, 15) is 19.2 Å². The molecule has 306 valence electrons. The molecule has 17 heteroatoms. The molecule has 3 aliphatic rings. The molecule has 0 amide bonds. The highest BCUT2D eigenvalue weighted by Crippen LogP contribution is 2.46. The van der Waals surface area contributed by atoms with Gasteiger partial charge in [-0.1, -0.05) is 12.2 Å². The molecule has 4 heterocycles. The van der Waals surface area contributed by atoms with Gasteiger partial charge in [0.25, 0.3) is 0 Å². The molecule has 3 aliphatic heterocycles. The molecule has 0 unspecified atom stereocenters. The number of allylic oxidation sites excluding steroid dienone is 1. The number of ether oxygens (including phenoxy) is 10. The van der Waals surface area contributed by atoms with Crippen LogP contribution in [0.4, 0.5) is 0 Å². The number of fused-ring (bicyclic) bond motifs is 1. The topological polar surface area (TPSA) is 180 Å². The molecular formula is C41H43N3O14. The van der Waals surface area contributed by atoms with Gasteiger partial charge in [0.1, 0.15) is 0 Å². The number of carbonyl (C=O) groups is 4. The van der Waals surface area contributed by atoms with Gasteiger partial charge in [-0.15, -0.1) is 0 Å². The monoisotopic (exact) mass is 801 g/mol. The van der Waals surface area contributed by atoms with E-state index in [-0.39, 0.29) is 26.2 Å². The summed E-state index contributed by atoms with van der Waals surface area (Å²) in [6.45, 7) is 0.218. The van der Waals surface area contributed by atoms with E-state index in [1.54, 1.807) is 36.5 Å². The van der Waals surface area contributed by atoms with Crippen LogP contribution in [0.25, 0.3) is 17.3 Å². The summed E-state index contributed by atoms with van der Waals surface area (Å²) < 4.78 is 56.8. The number of hydrogen-bond donors (Lipinski definition) is 0. The fourth-order valence-corrected chi connectivity index (χ4v) is 6.93. The van der Waals surface area contributed by atoms with Crippen LogP contribution >= 0.6 is 0 Å². The lowest BCUT2D eigenvalue weighted by Gasteiger charge is -2.55. The number of pyridine rings is 1. The van der Waals surface area contributed by atoms with Crippen molar-refractivity contribution in [3.8, 4) is 45.8 Å². The van der Waals surface area contributed by atoms with E-state index in [0.717, 1.165) is 29.9 Å². The van der Waals surface area contributed by atoms with Gasteiger partial charge in [-0.25, -0.2) is 29.0 Å². The lowest BCUT2D eigenvalue weighted by molar-refractivity contribution is -0.464. The number of methoxy groups -OCH3 is 6. The van der Waals surface area contributed by atoms with Crippen molar-refractivity contribution < 1.29 is 66.5 Å². The zero-order chi connectivity index (χ0) is 41.5. The van der Waals surface area contributed by atoms with E-state index >= 15 is 0 Å². The SMILES string of the molecule is COc1cc(-c2cc(CN3CCN(CCC/C=C/c4ccc(OC)c(OC)c4OC)C4(OC(=O)C=CC(=O)O4)C34OC(=O)C=CC(=O)O4)ccn2)cc(OC)c1OC. The molecular weight excluding hydrogens is 758 g/mol. The molecule has 1 saturated heterocycles. The van der Waals surface area contributed by atoms with Gasteiger partial charge in [0.15, 0.2) is 23.0 Å². The molecule has 0 N–H and O–H groups in total. The number of benzene rings is 2. The van der Waals surface area contributed by atoms with Gasteiger partial charge in [-0.05, 0) is 54.8 Å². The summed E-state index contributed by atoms with van der Waals surface area (Å²) in [5.41, 5.74) is 2.47. The Kier molecular flexibility index (Phi) is 12.5. The van der Waals surface area contributed by atoms with Gasteiger partial charge < -0.3 is 47.4 Å². The van der Waals surface area contributed by atoms with E-state index in [1.165, 1.54) is 52.5 Å². The molecule has 3 aromatic rings. The first-order chi connectivity index (χ1) is 28.0. The predicted molar refractivity (Wildman–Crippen MR) is 204 cm³/mol. The van der Waals surface area contributed by atoms with Gasteiger partial charge in [-0.3, -0.25) is 4.98 Å². The van der Waals surface area contributed by atoms with E-state index in [1.807, 2.05) is 18.2 Å². The van der Waals surface area contributed by atoms with Crippen LogP contribution < -0.4 is 28.4 Å². The molecule has 0 radical (unpaired) electrons. The molecule has 2 aromatic carbocycles. The highest BCUT2D eigenvalue weighted by molar-refractivity contribution is 5.95. The molecule has 1 fully saturated rings. The zero-order valence-corrected chi connectivity index (χ0v) is 32.8. The number of hydrogen-bond acceptors (Lipinski definition) is 17. The maximum atomic E-state index is 13.3. The Morgan fingerprint density at radius 1 is 0.638 bits per heavy atom. The second-order valence-electron chi connectivity index (χ2n) is 12.9.